The highest BCUT2D eigenvalue weighted by Gasteiger charge is 2.22. The van der Waals surface area contributed by atoms with Gasteiger partial charge in [-0.15, -0.1) is 0 Å². The lowest BCUT2D eigenvalue weighted by Gasteiger charge is -2.24. The summed E-state index contributed by atoms with van der Waals surface area (Å²) in [6.07, 6.45) is 6.16. The first-order valence-electron chi connectivity index (χ1n) is 6.86. The van der Waals surface area contributed by atoms with Crippen molar-refractivity contribution in [1.82, 2.24) is 10.2 Å². The average molecular weight is 226 g/mol. The molecule has 2 heterocycles. The van der Waals surface area contributed by atoms with E-state index in [2.05, 4.69) is 24.1 Å². The largest absolute Gasteiger partial charge is 0.374 e. The van der Waals surface area contributed by atoms with Crippen LogP contribution in [-0.2, 0) is 4.74 Å². The van der Waals surface area contributed by atoms with Crippen molar-refractivity contribution in [2.24, 2.45) is 0 Å². The Bertz CT molecular complexity index is 204. The van der Waals surface area contributed by atoms with Gasteiger partial charge in [0, 0.05) is 19.1 Å². The zero-order chi connectivity index (χ0) is 11.4. The van der Waals surface area contributed by atoms with Gasteiger partial charge < -0.3 is 10.1 Å². The molecule has 2 fully saturated rings. The Hall–Kier alpha value is -0.120. The summed E-state index contributed by atoms with van der Waals surface area (Å²) in [5.74, 6) is 0. The van der Waals surface area contributed by atoms with E-state index in [0.717, 1.165) is 13.1 Å². The molecule has 0 aromatic rings. The van der Waals surface area contributed by atoms with E-state index in [0.29, 0.717) is 18.2 Å². The molecule has 3 unspecified atom stereocenters. The van der Waals surface area contributed by atoms with Gasteiger partial charge in [-0.2, -0.15) is 0 Å². The Balaban J connectivity index is 1.56. The third-order valence-corrected chi connectivity index (χ3v) is 3.90. The number of hydrogen-bond donors (Lipinski definition) is 1. The fourth-order valence-electron chi connectivity index (χ4n) is 2.80. The van der Waals surface area contributed by atoms with E-state index < -0.39 is 0 Å². The zero-order valence-corrected chi connectivity index (χ0v) is 10.7. The summed E-state index contributed by atoms with van der Waals surface area (Å²) in [6, 6.07) is 0.682. The first kappa shape index (κ1) is 12.3. The monoisotopic (exact) mass is 226 g/mol. The predicted octanol–water partition coefficient (Wildman–Crippen LogP) is 1.63. The van der Waals surface area contributed by atoms with Crippen molar-refractivity contribution in [3.8, 4) is 0 Å². The summed E-state index contributed by atoms with van der Waals surface area (Å²) in [5, 5.41) is 3.56. The second-order valence-electron chi connectivity index (χ2n) is 5.40. The van der Waals surface area contributed by atoms with Crippen LogP contribution in [0.25, 0.3) is 0 Å². The summed E-state index contributed by atoms with van der Waals surface area (Å²) in [4.78, 5) is 2.59. The van der Waals surface area contributed by atoms with Crippen LogP contribution in [0.2, 0.25) is 0 Å². The second kappa shape index (κ2) is 5.99. The molecule has 3 heteroatoms. The van der Waals surface area contributed by atoms with E-state index in [9.17, 15) is 0 Å². The van der Waals surface area contributed by atoms with Crippen molar-refractivity contribution < 1.29 is 4.74 Å². The molecule has 0 aliphatic carbocycles. The van der Waals surface area contributed by atoms with Crippen LogP contribution in [0, 0.1) is 0 Å². The molecule has 3 atom stereocenters. The Morgan fingerprint density at radius 2 is 2.06 bits per heavy atom. The van der Waals surface area contributed by atoms with Crippen molar-refractivity contribution in [1.29, 1.82) is 0 Å². The van der Waals surface area contributed by atoms with Crippen LogP contribution in [0.1, 0.15) is 39.5 Å². The van der Waals surface area contributed by atoms with Crippen molar-refractivity contribution >= 4 is 0 Å². The van der Waals surface area contributed by atoms with Crippen LogP contribution in [0.4, 0.5) is 0 Å². The molecule has 0 aromatic heterocycles. The molecule has 1 N–H and O–H groups in total. The standard InChI is InChI=1S/C13H26N2O/c1-11(15-7-3-4-8-15)9-14-10-13-6-5-12(2)16-13/h11-14H,3-10H2,1-2H3. The molecule has 2 aliphatic heterocycles. The molecule has 0 amide bonds. The van der Waals surface area contributed by atoms with Crippen LogP contribution >= 0.6 is 0 Å². The van der Waals surface area contributed by atoms with Gasteiger partial charge in [-0.1, -0.05) is 0 Å². The highest BCUT2D eigenvalue weighted by Crippen LogP contribution is 2.18. The minimum absolute atomic E-state index is 0.459. The van der Waals surface area contributed by atoms with E-state index in [-0.39, 0.29) is 0 Å². The van der Waals surface area contributed by atoms with Crippen LogP contribution in [0.5, 0.6) is 0 Å². The lowest BCUT2D eigenvalue weighted by atomic mass is 10.2. The summed E-state index contributed by atoms with van der Waals surface area (Å²) >= 11 is 0. The van der Waals surface area contributed by atoms with Gasteiger partial charge in [-0.3, -0.25) is 4.90 Å². The molecule has 0 spiro atoms. The van der Waals surface area contributed by atoms with Gasteiger partial charge in [0.1, 0.15) is 0 Å². The fraction of sp³-hybridized carbons (Fsp3) is 1.00. The first-order valence-corrected chi connectivity index (χ1v) is 6.86. The maximum absolute atomic E-state index is 5.79. The topological polar surface area (TPSA) is 24.5 Å². The molecule has 0 bridgehead atoms. The first-order chi connectivity index (χ1) is 7.75. The molecule has 2 saturated heterocycles. The van der Waals surface area contributed by atoms with Crippen LogP contribution in [-0.4, -0.2) is 49.3 Å². The maximum Gasteiger partial charge on any atom is 0.0704 e. The summed E-state index contributed by atoms with van der Waals surface area (Å²) < 4.78 is 5.79. The van der Waals surface area contributed by atoms with E-state index >= 15 is 0 Å². The smallest absolute Gasteiger partial charge is 0.0704 e. The van der Waals surface area contributed by atoms with Crippen molar-refractivity contribution in [3.05, 3.63) is 0 Å². The molecule has 0 radical (unpaired) electrons. The molecule has 0 saturated carbocycles. The molecular formula is C13H26N2O. The Kier molecular flexibility index (Phi) is 4.62. The average Bonchev–Trinajstić information content (AvgIpc) is 2.89. The fourth-order valence-corrected chi connectivity index (χ4v) is 2.80. The van der Waals surface area contributed by atoms with Gasteiger partial charge in [-0.25, -0.2) is 0 Å². The molecular weight excluding hydrogens is 200 g/mol. The van der Waals surface area contributed by atoms with Crippen LogP contribution in [0.3, 0.4) is 0 Å². The minimum Gasteiger partial charge on any atom is -0.374 e. The number of rotatable bonds is 5. The number of likely N-dealkylation sites (tertiary alicyclic amines) is 1. The van der Waals surface area contributed by atoms with Crippen molar-refractivity contribution in [3.63, 3.8) is 0 Å². The maximum atomic E-state index is 5.79. The predicted molar refractivity (Wildman–Crippen MR) is 66.7 cm³/mol. The highest BCUT2D eigenvalue weighted by molar-refractivity contribution is 4.77. The van der Waals surface area contributed by atoms with Gasteiger partial charge in [-0.05, 0) is 52.6 Å². The molecule has 16 heavy (non-hydrogen) atoms. The number of ether oxygens (including phenoxy) is 1. The number of nitrogens with zero attached hydrogens (tertiary/aromatic N) is 1. The lowest BCUT2D eigenvalue weighted by Crippen LogP contribution is -2.40. The molecule has 94 valence electrons. The van der Waals surface area contributed by atoms with E-state index in [1.807, 2.05) is 0 Å². The molecule has 2 rings (SSSR count). The van der Waals surface area contributed by atoms with E-state index in [1.54, 1.807) is 0 Å². The van der Waals surface area contributed by atoms with Gasteiger partial charge in [0.15, 0.2) is 0 Å². The van der Waals surface area contributed by atoms with Gasteiger partial charge in [0.25, 0.3) is 0 Å². The van der Waals surface area contributed by atoms with Crippen LogP contribution in [0.15, 0.2) is 0 Å². The SMILES string of the molecule is CC1CCC(CNCC(C)N2CCCC2)O1. The van der Waals surface area contributed by atoms with Crippen molar-refractivity contribution in [2.45, 2.75) is 57.8 Å². The minimum atomic E-state index is 0.459. The summed E-state index contributed by atoms with van der Waals surface area (Å²) in [6.45, 7) is 9.22. The Morgan fingerprint density at radius 3 is 2.69 bits per heavy atom. The molecule has 0 aromatic carbocycles. The Morgan fingerprint density at radius 1 is 1.31 bits per heavy atom. The summed E-state index contributed by atoms with van der Waals surface area (Å²) in [7, 11) is 0. The number of hydrogen-bond acceptors (Lipinski definition) is 3. The molecule has 3 nitrogen and oxygen atoms in total. The lowest BCUT2D eigenvalue weighted by molar-refractivity contribution is 0.0551. The highest BCUT2D eigenvalue weighted by atomic mass is 16.5. The third kappa shape index (κ3) is 3.44. The van der Waals surface area contributed by atoms with E-state index in [1.165, 1.54) is 38.8 Å². The van der Waals surface area contributed by atoms with Crippen LogP contribution < -0.4 is 5.32 Å². The Labute approximate surface area is 99.5 Å². The third-order valence-electron chi connectivity index (χ3n) is 3.90. The summed E-state index contributed by atoms with van der Waals surface area (Å²) in [5.41, 5.74) is 0. The number of nitrogens with one attached hydrogen (secondary N) is 1. The van der Waals surface area contributed by atoms with Gasteiger partial charge >= 0.3 is 0 Å². The molecule has 2 aliphatic rings. The van der Waals surface area contributed by atoms with Crippen molar-refractivity contribution in [2.75, 3.05) is 26.2 Å². The quantitative estimate of drug-likeness (QED) is 0.771. The van der Waals surface area contributed by atoms with E-state index in [4.69, 9.17) is 4.74 Å². The van der Waals surface area contributed by atoms with Gasteiger partial charge in [0.2, 0.25) is 0 Å². The van der Waals surface area contributed by atoms with Gasteiger partial charge in [0.05, 0.1) is 12.2 Å². The zero-order valence-electron chi connectivity index (χ0n) is 10.7. The normalized spacial score (nSPS) is 33.4. The second-order valence-corrected chi connectivity index (χ2v) is 5.40.